The van der Waals surface area contributed by atoms with Crippen LogP contribution < -0.4 is 5.32 Å². The summed E-state index contributed by atoms with van der Waals surface area (Å²) in [4.78, 5) is 3.73. The molecule has 1 heterocycles. The van der Waals surface area contributed by atoms with Crippen molar-refractivity contribution < 1.29 is 13.2 Å². The van der Waals surface area contributed by atoms with Crippen LogP contribution in [0.15, 0.2) is 18.3 Å². The molecule has 0 atom stereocenters. The Bertz CT molecular complexity index is 342. The van der Waals surface area contributed by atoms with Gasteiger partial charge in [-0.3, -0.25) is 0 Å². The molecule has 17 heavy (non-hydrogen) atoms. The van der Waals surface area contributed by atoms with Gasteiger partial charge in [0.1, 0.15) is 5.82 Å². The molecule has 0 fully saturated rings. The maximum atomic E-state index is 12.6. The average Bonchev–Trinajstić information content (AvgIpc) is 2.28. The van der Waals surface area contributed by atoms with E-state index in [9.17, 15) is 13.2 Å². The number of thioether (sulfide) groups is 1. The van der Waals surface area contributed by atoms with Crippen molar-refractivity contribution in [1.29, 1.82) is 0 Å². The van der Waals surface area contributed by atoms with Crippen LogP contribution in [0.25, 0.3) is 0 Å². The number of nitrogens with one attached hydrogen (secondary N) is 1. The Hall–Kier alpha value is -0.910. The fraction of sp³-hybridized carbons (Fsp3) is 0.545. The maximum absolute atomic E-state index is 12.6. The van der Waals surface area contributed by atoms with Gasteiger partial charge < -0.3 is 5.32 Å². The van der Waals surface area contributed by atoms with Gasteiger partial charge >= 0.3 is 6.18 Å². The SMILES string of the molecule is CSCCCCNc1ncccc1C(F)(F)F. The third-order valence-electron chi connectivity index (χ3n) is 2.18. The van der Waals surface area contributed by atoms with Crippen LogP contribution >= 0.6 is 11.8 Å². The van der Waals surface area contributed by atoms with Crippen LogP contribution in [0.5, 0.6) is 0 Å². The summed E-state index contributed by atoms with van der Waals surface area (Å²) in [6, 6.07) is 2.33. The van der Waals surface area contributed by atoms with Gasteiger partial charge in [-0.15, -0.1) is 0 Å². The zero-order chi connectivity index (χ0) is 12.7. The predicted molar refractivity (Wildman–Crippen MR) is 65.3 cm³/mol. The van der Waals surface area contributed by atoms with Crippen molar-refractivity contribution in [2.75, 3.05) is 23.9 Å². The number of unbranched alkanes of at least 4 members (excludes halogenated alkanes) is 1. The highest BCUT2D eigenvalue weighted by atomic mass is 32.2. The van der Waals surface area contributed by atoms with E-state index in [1.165, 1.54) is 12.3 Å². The molecule has 0 amide bonds. The first-order chi connectivity index (χ1) is 8.05. The Morgan fingerprint density at radius 1 is 1.35 bits per heavy atom. The molecule has 96 valence electrons. The Morgan fingerprint density at radius 2 is 2.12 bits per heavy atom. The van der Waals surface area contributed by atoms with Crippen molar-refractivity contribution >= 4 is 17.6 Å². The summed E-state index contributed by atoms with van der Waals surface area (Å²) >= 11 is 1.73. The minimum atomic E-state index is -4.35. The standard InChI is InChI=1S/C11H15F3N2S/c1-17-8-3-2-6-15-10-9(11(12,13)14)5-4-7-16-10/h4-5,7H,2-3,6,8H2,1H3,(H,15,16). The second-order valence-electron chi connectivity index (χ2n) is 3.52. The number of alkyl halides is 3. The summed E-state index contributed by atoms with van der Waals surface area (Å²) < 4.78 is 37.8. The minimum absolute atomic E-state index is 0.0795. The third-order valence-corrected chi connectivity index (χ3v) is 2.88. The number of aromatic nitrogens is 1. The van der Waals surface area contributed by atoms with Gasteiger partial charge in [-0.1, -0.05) is 0 Å². The molecule has 0 saturated carbocycles. The van der Waals surface area contributed by atoms with Crippen molar-refractivity contribution in [3.63, 3.8) is 0 Å². The summed E-state index contributed by atoms with van der Waals surface area (Å²) in [5, 5.41) is 2.74. The highest BCUT2D eigenvalue weighted by Gasteiger charge is 2.33. The molecular weight excluding hydrogens is 249 g/mol. The molecule has 2 nitrogen and oxygen atoms in total. The van der Waals surface area contributed by atoms with Crippen LogP contribution in [-0.2, 0) is 6.18 Å². The molecule has 0 aliphatic heterocycles. The summed E-state index contributed by atoms with van der Waals surface area (Å²) in [5.41, 5.74) is -0.704. The predicted octanol–water partition coefficient (Wildman–Crippen LogP) is 3.66. The zero-order valence-corrected chi connectivity index (χ0v) is 10.4. The summed E-state index contributed by atoms with van der Waals surface area (Å²) in [5.74, 6) is 0.944. The zero-order valence-electron chi connectivity index (χ0n) is 9.55. The number of halogens is 3. The number of rotatable bonds is 6. The largest absolute Gasteiger partial charge is 0.419 e. The van der Waals surface area contributed by atoms with Gasteiger partial charge in [0.2, 0.25) is 0 Å². The normalized spacial score (nSPS) is 11.5. The molecule has 1 aromatic heterocycles. The molecule has 0 aliphatic rings. The lowest BCUT2D eigenvalue weighted by Gasteiger charge is -2.12. The van der Waals surface area contributed by atoms with Gasteiger partial charge in [-0.2, -0.15) is 24.9 Å². The highest BCUT2D eigenvalue weighted by molar-refractivity contribution is 7.98. The van der Waals surface area contributed by atoms with Crippen LogP contribution in [0.2, 0.25) is 0 Å². The number of hydrogen-bond acceptors (Lipinski definition) is 3. The fourth-order valence-corrected chi connectivity index (χ4v) is 1.85. The molecule has 1 N–H and O–H groups in total. The molecule has 1 rings (SSSR count). The first-order valence-electron chi connectivity index (χ1n) is 5.30. The van der Waals surface area contributed by atoms with E-state index in [1.54, 1.807) is 11.8 Å². The van der Waals surface area contributed by atoms with Gasteiger partial charge in [0.05, 0.1) is 5.56 Å². The van der Waals surface area contributed by atoms with Gasteiger partial charge in [-0.25, -0.2) is 4.98 Å². The van der Waals surface area contributed by atoms with E-state index >= 15 is 0 Å². The summed E-state index contributed by atoms with van der Waals surface area (Å²) in [6.07, 6.45) is 0.848. The average molecular weight is 264 g/mol. The van der Waals surface area contributed by atoms with Crippen LogP contribution in [0.1, 0.15) is 18.4 Å². The molecule has 0 aliphatic carbocycles. The molecule has 6 heteroatoms. The van der Waals surface area contributed by atoms with Crippen LogP contribution in [0, 0.1) is 0 Å². The molecule has 0 radical (unpaired) electrons. The Morgan fingerprint density at radius 3 is 2.76 bits per heavy atom. The maximum Gasteiger partial charge on any atom is 0.419 e. The lowest BCUT2D eigenvalue weighted by Crippen LogP contribution is -2.13. The van der Waals surface area contributed by atoms with Gasteiger partial charge in [0, 0.05) is 12.7 Å². The number of anilines is 1. The van der Waals surface area contributed by atoms with E-state index in [0.717, 1.165) is 24.7 Å². The number of pyridine rings is 1. The minimum Gasteiger partial charge on any atom is -0.370 e. The monoisotopic (exact) mass is 264 g/mol. The van der Waals surface area contributed by atoms with E-state index in [2.05, 4.69) is 10.3 Å². The molecular formula is C11H15F3N2S. The smallest absolute Gasteiger partial charge is 0.370 e. The quantitative estimate of drug-likeness (QED) is 0.794. The highest BCUT2D eigenvalue weighted by Crippen LogP contribution is 2.33. The van der Waals surface area contributed by atoms with E-state index in [4.69, 9.17) is 0 Å². The molecule has 0 bridgehead atoms. The third kappa shape index (κ3) is 4.85. The summed E-state index contributed by atoms with van der Waals surface area (Å²) in [7, 11) is 0. The Balaban J connectivity index is 2.53. The van der Waals surface area contributed by atoms with E-state index in [0.29, 0.717) is 6.54 Å². The van der Waals surface area contributed by atoms with E-state index in [1.807, 2.05) is 6.26 Å². The van der Waals surface area contributed by atoms with Gasteiger partial charge in [0.25, 0.3) is 0 Å². The first-order valence-corrected chi connectivity index (χ1v) is 6.70. The van der Waals surface area contributed by atoms with Crippen LogP contribution in [0.4, 0.5) is 19.0 Å². The van der Waals surface area contributed by atoms with E-state index in [-0.39, 0.29) is 5.82 Å². The van der Waals surface area contributed by atoms with Crippen LogP contribution in [-0.4, -0.2) is 23.5 Å². The van der Waals surface area contributed by atoms with Gasteiger partial charge in [0.15, 0.2) is 0 Å². The molecule has 0 unspecified atom stereocenters. The van der Waals surface area contributed by atoms with Gasteiger partial charge in [-0.05, 0) is 37.0 Å². The van der Waals surface area contributed by atoms with E-state index < -0.39 is 11.7 Å². The second kappa shape index (κ2) is 6.74. The van der Waals surface area contributed by atoms with Crippen molar-refractivity contribution in [2.24, 2.45) is 0 Å². The molecule has 0 saturated heterocycles. The van der Waals surface area contributed by atoms with Crippen molar-refractivity contribution in [1.82, 2.24) is 4.98 Å². The van der Waals surface area contributed by atoms with Crippen molar-refractivity contribution in [3.8, 4) is 0 Å². The Labute approximate surface area is 103 Å². The number of nitrogens with zero attached hydrogens (tertiary/aromatic N) is 1. The topological polar surface area (TPSA) is 24.9 Å². The van der Waals surface area contributed by atoms with Crippen LogP contribution in [0.3, 0.4) is 0 Å². The second-order valence-corrected chi connectivity index (χ2v) is 4.51. The molecule has 0 spiro atoms. The number of hydrogen-bond donors (Lipinski definition) is 1. The fourth-order valence-electron chi connectivity index (χ4n) is 1.35. The molecule has 1 aromatic rings. The Kier molecular flexibility index (Phi) is 5.61. The van der Waals surface area contributed by atoms with Crippen molar-refractivity contribution in [3.05, 3.63) is 23.9 Å². The van der Waals surface area contributed by atoms with Crippen molar-refractivity contribution in [2.45, 2.75) is 19.0 Å². The molecule has 0 aromatic carbocycles. The lowest BCUT2D eigenvalue weighted by molar-refractivity contribution is -0.137. The lowest BCUT2D eigenvalue weighted by atomic mass is 10.2. The summed E-state index contributed by atoms with van der Waals surface area (Å²) in [6.45, 7) is 0.515. The first kappa shape index (κ1) is 14.2.